The van der Waals surface area contributed by atoms with Crippen molar-refractivity contribution in [3.8, 4) is 22.4 Å². The third-order valence-corrected chi connectivity index (χ3v) is 4.52. The molecule has 0 saturated carbocycles. The minimum absolute atomic E-state index is 0.864. The van der Waals surface area contributed by atoms with Crippen molar-refractivity contribution in [2.45, 2.75) is 12.8 Å². The molecule has 1 aromatic heterocycles. The first-order chi connectivity index (χ1) is 10.3. The smallest absolute Gasteiger partial charge is 0.111 e. The molecule has 0 fully saturated rings. The van der Waals surface area contributed by atoms with Crippen LogP contribution in [0.1, 0.15) is 11.1 Å². The Bertz CT molecular complexity index is 794. The molecule has 0 saturated heterocycles. The molecule has 0 unspecified atom stereocenters. The standard InChI is InChI=1S/C19H18N2/c1-21-18-15-10-6-5-7-13(15)11-12-16(18)17(19(21)20)14-8-3-2-4-9-14/h2-10H,11-12,20H2,1H3. The van der Waals surface area contributed by atoms with Gasteiger partial charge in [0, 0.05) is 18.2 Å². The zero-order valence-electron chi connectivity index (χ0n) is 12.1. The van der Waals surface area contributed by atoms with Crippen LogP contribution in [-0.4, -0.2) is 4.57 Å². The van der Waals surface area contributed by atoms with E-state index >= 15 is 0 Å². The van der Waals surface area contributed by atoms with Gasteiger partial charge < -0.3 is 10.3 Å². The predicted molar refractivity (Wildman–Crippen MR) is 88.1 cm³/mol. The summed E-state index contributed by atoms with van der Waals surface area (Å²) in [6.07, 6.45) is 2.15. The lowest BCUT2D eigenvalue weighted by Gasteiger charge is -2.18. The summed E-state index contributed by atoms with van der Waals surface area (Å²) in [5.74, 6) is 0.864. The Hall–Kier alpha value is -2.48. The van der Waals surface area contributed by atoms with Crippen molar-refractivity contribution < 1.29 is 0 Å². The van der Waals surface area contributed by atoms with Crippen LogP contribution in [0.2, 0.25) is 0 Å². The monoisotopic (exact) mass is 274 g/mol. The van der Waals surface area contributed by atoms with Crippen molar-refractivity contribution in [3.63, 3.8) is 0 Å². The first kappa shape index (κ1) is 12.3. The second kappa shape index (κ2) is 4.52. The van der Waals surface area contributed by atoms with Crippen LogP contribution in [0.5, 0.6) is 0 Å². The normalized spacial score (nSPS) is 12.8. The van der Waals surface area contributed by atoms with E-state index < -0.39 is 0 Å². The topological polar surface area (TPSA) is 30.9 Å². The fraction of sp³-hybridized carbons (Fsp3) is 0.158. The molecular weight excluding hydrogens is 256 g/mol. The van der Waals surface area contributed by atoms with Crippen LogP contribution in [-0.2, 0) is 19.9 Å². The summed E-state index contributed by atoms with van der Waals surface area (Å²) in [5.41, 5.74) is 14.3. The maximum Gasteiger partial charge on any atom is 0.111 e. The molecule has 4 rings (SSSR count). The van der Waals surface area contributed by atoms with Crippen molar-refractivity contribution in [1.82, 2.24) is 4.57 Å². The van der Waals surface area contributed by atoms with E-state index in [1.807, 2.05) is 6.07 Å². The molecule has 1 aliphatic carbocycles. The number of hydrogen-bond donors (Lipinski definition) is 1. The number of aromatic nitrogens is 1. The highest BCUT2D eigenvalue weighted by molar-refractivity contribution is 5.88. The van der Waals surface area contributed by atoms with Crippen molar-refractivity contribution in [2.24, 2.45) is 7.05 Å². The zero-order valence-corrected chi connectivity index (χ0v) is 12.1. The van der Waals surface area contributed by atoms with E-state index in [0.717, 1.165) is 18.7 Å². The molecule has 104 valence electrons. The Labute approximate surface area is 124 Å². The molecule has 21 heavy (non-hydrogen) atoms. The van der Waals surface area contributed by atoms with E-state index in [-0.39, 0.29) is 0 Å². The number of rotatable bonds is 1. The summed E-state index contributed by atoms with van der Waals surface area (Å²) in [6, 6.07) is 19.2. The van der Waals surface area contributed by atoms with E-state index in [9.17, 15) is 0 Å². The van der Waals surface area contributed by atoms with Gasteiger partial charge in [0.15, 0.2) is 0 Å². The molecule has 0 radical (unpaired) electrons. The largest absolute Gasteiger partial charge is 0.385 e. The van der Waals surface area contributed by atoms with E-state index in [2.05, 4.69) is 60.1 Å². The SMILES string of the molecule is Cn1c(N)c(-c2ccccc2)c2c1-c1ccccc1CC2. The van der Waals surface area contributed by atoms with Crippen LogP contribution in [0.15, 0.2) is 54.6 Å². The number of benzene rings is 2. The maximum absolute atomic E-state index is 6.44. The first-order valence-electron chi connectivity index (χ1n) is 7.38. The van der Waals surface area contributed by atoms with Gasteiger partial charge in [0.25, 0.3) is 0 Å². The molecule has 0 atom stereocenters. The Kier molecular flexibility index (Phi) is 2.64. The Morgan fingerprint density at radius 2 is 1.62 bits per heavy atom. The van der Waals surface area contributed by atoms with Gasteiger partial charge in [0.1, 0.15) is 5.82 Å². The lowest BCUT2D eigenvalue weighted by atomic mass is 9.87. The summed E-state index contributed by atoms with van der Waals surface area (Å²) in [4.78, 5) is 0. The van der Waals surface area contributed by atoms with E-state index in [1.54, 1.807) is 0 Å². The number of nitrogens with zero attached hydrogens (tertiary/aromatic N) is 1. The van der Waals surface area contributed by atoms with Gasteiger partial charge in [-0.25, -0.2) is 0 Å². The summed E-state index contributed by atoms with van der Waals surface area (Å²) < 4.78 is 2.15. The second-order valence-corrected chi connectivity index (χ2v) is 5.67. The lowest BCUT2D eigenvalue weighted by molar-refractivity contribution is 0.893. The minimum Gasteiger partial charge on any atom is -0.385 e. The van der Waals surface area contributed by atoms with Gasteiger partial charge in [-0.2, -0.15) is 0 Å². The van der Waals surface area contributed by atoms with Crippen molar-refractivity contribution >= 4 is 5.82 Å². The van der Waals surface area contributed by atoms with Gasteiger partial charge in [-0.15, -0.1) is 0 Å². The zero-order chi connectivity index (χ0) is 14.4. The maximum atomic E-state index is 6.44. The molecule has 0 aliphatic heterocycles. The number of anilines is 1. The van der Waals surface area contributed by atoms with Gasteiger partial charge in [0.2, 0.25) is 0 Å². The van der Waals surface area contributed by atoms with Gasteiger partial charge in [-0.1, -0.05) is 54.6 Å². The van der Waals surface area contributed by atoms with E-state index in [1.165, 1.54) is 33.5 Å². The molecule has 1 heterocycles. The third kappa shape index (κ3) is 1.72. The number of fused-ring (bicyclic) bond motifs is 3. The van der Waals surface area contributed by atoms with Crippen LogP contribution >= 0.6 is 0 Å². The Morgan fingerprint density at radius 1 is 0.905 bits per heavy atom. The molecule has 2 heteroatoms. The van der Waals surface area contributed by atoms with Gasteiger partial charge in [0.05, 0.1) is 5.69 Å². The van der Waals surface area contributed by atoms with Crippen molar-refractivity contribution in [1.29, 1.82) is 0 Å². The molecular formula is C19H18N2. The predicted octanol–water partition coefficient (Wildman–Crippen LogP) is 4.04. The molecule has 3 aromatic rings. The number of aryl methyl sites for hydroxylation is 1. The highest BCUT2D eigenvalue weighted by Crippen LogP contribution is 2.43. The second-order valence-electron chi connectivity index (χ2n) is 5.67. The van der Waals surface area contributed by atoms with Crippen molar-refractivity contribution in [2.75, 3.05) is 5.73 Å². The highest BCUT2D eigenvalue weighted by Gasteiger charge is 2.25. The number of nitrogen functional groups attached to an aromatic ring is 1. The van der Waals surface area contributed by atoms with E-state index in [0.29, 0.717) is 0 Å². The summed E-state index contributed by atoms with van der Waals surface area (Å²) in [7, 11) is 2.07. The van der Waals surface area contributed by atoms with Crippen molar-refractivity contribution in [3.05, 3.63) is 65.7 Å². The fourth-order valence-corrected chi connectivity index (χ4v) is 3.51. The van der Waals surface area contributed by atoms with Crippen LogP contribution in [0.4, 0.5) is 5.82 Å². The Morgan fingerprint density at radius 3 is 2.43 bits per heavy atom. The molecule has 0 bridgehead atoms. The van der Waals surface area contributed by atoms with Gasteiger partial charge in [-0.05, 0) is 29.5 Å². The van der Waals surface area contributed by atoms with Crippen LogP contribution in [0, 0.1) is 0 Å². The number of hydrogen-bond acceptors (Lipinski definition) is 1. The highest BCUT2D eigenvalue weighted by atomic mass is 15.0. The third-order valence-electron chi connectivity index (χ3n) is 4.52. The summed E-state index contributed by atoms with van der Waals surface area (Å²) in [5, 5.41) is 0. The summed E-state index contributed by atoms with van der Waals surface area (Å²) in [6.45, 7) is 0. The average Bonchev–Trinajstić information content (AvgIpc) is 2.80. The molecule has 2 nitrogen and oxygen atoms in total. The average molecular weight is 274 g/mol. The molecule has 1 aliphatic rings. The van der Waals surface area contributed by atoms with Crippen LogP contribution in [0.3, 0.4) is 0 Å². The molecule has 0 amide bonds. The molecule has 2 N–H and O–H groups in total. The Balaban J connectivity index is 2.03. The molecule has 2 aromatic carbocycles. The van der Waals surface area contributed by atoms with Gasteiger partial charge in [-0.3, -0.25) is 0 Å². The van der Waals surface area contributed by atoms with Crippen LogP contribution < -0.4 is 5.73 Å². The molecule has 0 spiro atoms. The lowest BCUT2D eigenvalue weighted by Crippen LogP contribution is -2.05. The fourth-order valence-electron chi connectivity index (χ4n) is 3.51. The van der Waals surface area contributed by atoms with Gasteiger partial charge >= 0.3 is 0 Å². The minimum atomic E-state index is 0.864. The quantitative estimate of drug-likeness (QED) is 0.713. The number of nitrogens with two attached hydrogens (primary N) is 1. The first-order valence-corrected chi connectivity index (χ1v) is 7.38. The summed E-state index contributed by atoms with van der Waals surface area (Å²) >= 11 is 0. The van der Waals surface area contributed by atoms with E-state index in [4.69, 9.17) is 5.73 Å². The van der Waals surface area contributed by atoms with Crippen LogP contribution in [0.25, 0.3) is 22.4 Å².